The largest absolute Gasteiger partial charge is 0.496 e. The highest BCUT2D eigenvalue weighted by Crippen LogP contribution is 2.24. The number of rotatable bonds is 7. The minimum atomic E-state index is -1.05. The summed E-state index contributed by atoms with van der Waals surface area (Å²) >= 11 is 0. The molecule has 0 spiro atoms. The number of allylic oxidation sites excluding steroid dienone is 3. The first kappa shape index (κ1) is 15.6. The molecule has 0 amide bonds. The van der Waals surface area contributed by atoms with Crippen molar-refractivity contribution < 1.29 is 19.4 Å². The van der Waals surface area contributed by atoms with Crippen LogP contribution in [0, 0.1) is 0 Å². The summed E-state index contributed by atoms with van der Waals surface area (Å²) in [4.78, 5) is 11.1. The van der Waals surface area contributed by atoms with Gasteiger partial charge >= 0.3 is 5.97 Å². The smallest absolute Gasteiger partial charge is 0.339 e. The van der Waals surface area contributed by atoms with Gasteiger partial charge in [0.15, 0.2) is 0 Å². The van der Waals surface area contributed by atoms with E-state index in [4.69, 9.17) is 14.6 Å². The fourth-order valence-electron chi connectivity index (χ4n) is 1.51. The second-order valence-electron chi connectivity index (χ2n) is 3.93. The van der Waals surface area contributed by atoms with Crippen LogP contribution in [0.3, 0.4) is 0 Å². The Bertz CT molecular complexity index is 541. The summed E-state index contributed by atoms with van der Waals surface area (Å²) in [5.74, 6) is -0.282. The normalized spacial score (nSPS) is 11.4. The van der Waals surface area contributed by atoms with E-state index < -0.39 is 5.97 Å². The Morgan fingerprint density at radius 1 is 1.45 bits per heavy atom. The van der Waals surface area contributed by atoms with E-state index in [1.807, 2.05) is 25.2 Å². The lowest BCUT2D eigenvalue weighted by atomic mass is 10.2. The Morgan fingerprint density at radius 2 is 2.20 bits per heavy atom. The molecule has 0 radical (unpaired) electrons. The molecule has 0 saturated carbocycles. The summed E-state index contributed by atoms with van der Waals surface area (Å²) in [5, 5.41) is 9.09. The molecule has 0 fully saturated rings. The third-order valence-corrected chi connectivity index (χ3v) is 2.57. The highest BCUT2D eigenvalue weighted by molar-refractivity contribution is 5.91. The Labute approximate surface area is 118 Å². The number of hydrogen-bond acceptors (Lipinski definition) is 3. The molecule has 4 heteroatoms. The van der Waals surface area contributed by atoms with Gasteiger partial charge in [0.25, 0.3) is 0 Å². The van der Waals surface area contributed by atoms with Gasteiger partial charge in [-0.1, -0.05) is 30.9 Å². The van der Waals surface area contributed by atoms with Gasteiger partial charge < -0.3 is 14.6 Å². The van der Waals surface area contributed by atoms with E-state index in [0.717, 1.165) is 5.57 Å². The molecular formula is C16H18O4. The average molecular weight is 274 g/mol. The van der Waals surface area contributed by atoms with Crippen LogP contribution < -0.4 is 9.47 Å². The van der Waals surface area contributed by atoms with Crippen LogP contribution in [0.5, 0.6) is 11.5 Å². The molecule has 0 aromatic heterocycles. The number of aromatic carboxylic acids is 1. The lowest BCUT2D eigenvalue weighted by molar-refractivity contribution is 0.0693. The number of benzene rings is 1. The highest BCUT2D eigenvalue weighted by atomic mass is 16.5. The first-order valence-corrected chi connectivity index (χ1v) is 6.10. The van der Waals surface area contributed by atoms with E-state index in [9.17, 15) is 4.79 Å². The van der Waals surface area contributed by atoms with Crippen molar-refractivity contribution in [1.82, 2.24) is 0 Å². The van der Waals surface area contributed by atoms with E-state index >= 15 is 0 Å². The molecule has 1 aromatic rings. The van der Waals surface area contributed by atoms with Gasteiger partial charge in [0.2, 0.25) is 0 Å². The minimum Gasteiger partial charge on any atom is -0.496 e. The number of methoxy groups -OCH3 is 1. The fourth-order valence-corrected chi connectivity index (χ4v) is 1.51. The van der Waals surface area contributed by atoms with Gasteiger partial charge in [0.05, 0.1) is 7.11 Å². The van der Waals surface area contributed by atoms with Gasteiger partial charge in [-0.3, -0.25) is 0 Å². The van der Waals surface area contributed by atoms with Crippen LogP contribution in [-0.4, -0.2) is 24.8 Å². The molecule has 106 valence electrons. The van der Waals surface area contributed by atoms with E-state index in [1.165, 1.54) is 13.2 Å². The number of carboxylic acids is 1. The molecular weight excluding hydrogens is 256 g/mol. The van der Waals surface area contributed by atoms with Crippen molar-refractivity contribution in [3.63, 3.8) is 0 Å². The van der Waals surface area contributed by atoms with Crippen LogP contribution in [0.15, 0.2) is 54.7 Å². The maximum absolute atomic E-state index is 11.1. The highest BCUT2D eigenvalue weighted by Gasteiger charge is 2.12. The second-order valence-corrected chi connectivity index (χ2v) is 3.93. The van der Waals surface area contributed by atoms with E-state index in [-0.39, 0.29) is 5.56 Å². The first-order chi connectivity index (χ1) is 9.62. The SMILES string of the molecule is C=C/C(=C\C=C/C)COc1ccc(OC)c(C(=O)O)c1. The van der Waals surface area contributed by atoms with Gasteiger partial charge in [-0.05, 0) is 30.7 Å². The van der Waals surface area contributed by atoms with Crippen LogP contribution in [0.4, 0.5) is 0 Å². The lowest BCUT2D eigenvalue weighted by Gasteiger charge is -2.10. The Hall–Kier alpha value is -2.49. The van der Waals surface area contributed by atoms with Crippen molar-refractivity contribution >= 4 is 5.97 Å². The molecule has 0 heterocycles. The summed E-state index contributed by atoms with van der Waals surface area (Å²) in [6, 6.07) is 4.68. The van der Waals surface area contributed by atoms with Crippen molar-refractivity contribution in [2.75, 3.05) is 13.7 Å². The van der Waals surface area contributed by atoms with Gasteiger partial charge in [0, 0.05) is 0 Å². The fraction of sp³-hybridized carbons (Fsp3) is 0.188. The summed E-state index contributed by atoms with van der Waals surface area (Å²) in [6.07, 6.45) is 7.37. The van der Waals surface area contributed by atoms with Crippen molar-refractivity contribution in [2.24, 2.45) is 0 Å². The molecule has 0 unspecified atom stereocenters. The van der Waals surface area contributed by atoms with Crippen molar-refractivity contribution in [2.45, 2.75) is 6.92 Å². The quantitative estimate of drug-likeness (QED) is 0.774. The summed E-state index contributed by atoms with van der Waals surface area (Å²) in [5.41, 5.74) is 0.971. The van der Waals surface area contributed by atoms with Crippen LogP contribution in [-0.2, 0) is 0 Å². The Kier molecular flexibility index (Phi) is 6.10. The van der Waals surface area contributed by atoms with Gasteiger partial charge in [-0.2, -0.15) is 0 Å². The third-order valence-electron chi connectivity index (χ3n) is 2.57. The average Bonchev–Trinajstić information content (AvgIpc) is 2.47. The molecule has 1 aromatic carbocycles. The van der Waals surface area contributed by atoms with Crippen molar-refractivity contribution in [1.29, 1.82) is 0 Å². The zero-order valence-electron chi connectivity index (χ0n) is 11.6. The molecule has 4 nitrogen and oxygen atoms in total. The predicted molar refractivity (Wildman–Crippen MR) is 78.5 cm³/mol. The topological polar surface area (TPSA) is 55.8 Å². The molecule has 0 atom stereocenters. The molecule has 20 heavy (non-hydrogen) atoms. The van der Waals surface area contributed by atoms with Gasteiger partial charge in [0.1, 0.15) is 23.7 Å². The van der Waals surface area contributed by atoms with Crippen LogP contribution in [0.25, 0.3) is 0 Å². The molecule has 0 aliphatic rings. The zero-order valence-corrected chi connectivity index (χ0v) is 11.6. The lowest BCUT2D eigenvalue weighted by Crippen LogP contribution is -2.03. The number of ether oxygens (including phenoxy) is 2. The minimum absolute atomic E-state index is 0.0718. The molecule has 0 bridgehead atoms. The molecule has 1 N–H and O–H groups in total. The van der Waals surface area contributed by atoms with E-state index in [0.29, 0.717) is 18.1 Å². The van der Waals surface area contributed by atoms with Gasteiger partial charge in [-0.15, -0.1) is 0 Å². The molecule has 0 aliphatic heterocycles. The van der Waals surface area contributed by atoms with Crippen molar-refractivity contribution in [3.05, 3.63) is 60.2 Å². The molecule has 0 aliphatic carbocycles. The predicted octanol–water partition coefficient (Wildman–Crippen LogP) is 3.46. The summed E-state index contributed by atoms with van der Waals surface area (Å²) < 4.78 is 10.5. The monoisotopic (exact) mass is 274 g/mol. The molecule has 0 saturated heterocycles. The zero-order chi connectivity index (χ0) is 15.0. The van der Waals surface area contributed by atoms with Crippen molar-refractivity contribution in [3.8, 4) is 11.5 Å². The first-order valence-electron chi connectivity index (χ1n) is 6.10. The number of hydrogen-bond donors (Lipinski definition) is 1. The maximum Gasteiger partial charge on any atom is 0.339 e. The van der Waals surface area contributed by atoms with Crippen LogP contribution in [0.1, 0.15) is 17.3 Å². The number of carboxylic acid groups (broad SMARTS) is 1. The van der Waals surface area contributed by atoms with Gasteiger partial charge in [-0.25, -0.2) is 4.79 Å². The number of carbonyl (C=O) groups is 1. The summed E-state index contributed by atoms with van der Waals surface area (Å²) in [7, 11) is 1.43. The third kappa shape index (κ3) is 4.31. The van der Waals surface area contributed by atoms with E-state index in [1.54, 1.807) is 18.2 Å². The Balaban J connectivity index is 2.86. The molecule has 1 rings (SSSR count). The summed E-state index contributed by atoms with van der Waals surface area (Å²) in [6.45, 7) is 5.94. The maximum atomic E-state index is 11.1. The van der Waals surface area contributed by atoms with Crippen LogP contribution >= 0.6 is 0 Å². The standard InChI is InChI=1S/C16H18O4/c1-4-6-7-12(5-2)11-20-13-8-9-15(19-3)14(10-13)16(17)18/h4-10H,2,11H2,1,3H3,(H,17,18)/b6-4-,12-7+. The van der Waals surface area contributed by atoms with Crippen LogP contribution in [0.2, 0.25) is 0 Å². The van der Waals surface area contributed by atoms with E-state index in [2.05, 4.69) is 6.58 Å². The second kappa shape index (κ2) is 7.84. The Morgan fingerprint density at radius 3 is 2.75 bits per heavy atom.